The first-order valence-electron chi connectivity index (χ1n) is 8.16. The zero-order chi connectivity index (χ0) is 13.7. The quantitative estimate of drug-likeness (QED) is 0.611. The third-order valence-corrected chi connectivity index (χ3v) is 6.04. The van der Waals surface area contributed by atoms with Gasteiger partial charge in [-0.1, -0.05) is 25.7 Å². The third-order valence-electron chi connectivity index (χ3n) is 5.37. The Hall–Kier alpha value is 0.270. The first-order chi connectivity index (χ1) is 9.15. The summed E-state index contributed by atoms with van der Waals surface area (Å²) in [4.78, 5) is 2.64. The summed E-state index contributed by atoms with van der Waals surface area (Å²) in [6.07, 6.45) is 10.6. The Bertz CT molecular complexity index is 253. The van der Waals surface area contributed by atoms with Crippen LogP contribution in [0.4, 0.5) is 0 Å². The van der Waals surface area contributed by atoms with Crippen molar-refractivity contribution in [2.45, 2.75) is 64.4 Å². The lowest BCUT2D eigenvalue weighted by atomic mass is 9.80. The fourth-order valence-corrected chi connectivity index (χ4v) is 4.33. The molecule has 19 heavy (non-hydrogen) atoms. The van der Waals surface area contributed by atoms with E-state index in [1.165, 1.54) is 71.0 Å². The first kappa shape index (κ1) is 15.7. The molecule has 0 spiro atoms. The maximum absolute atomic E-state index is 9.69. The van der Waals surface area contributed by atoms with Gasteiger partial charge in [-0.3, -0.25) is 0 Å². The Morgan fingerprint density at radius 1 is 1.16 bits per heavy atom. The van der Waals surface area contributed by atoms with Crippen molar-refractivity contribution in [1.82, 2.24) is 4.90 Å². The minimum absolute atomic E-state index is 0.126. The summed E-state index contributed by atoms with van der Waals surface area (Å²) >= 11 is 4.68. The number of nitrogens with zero attached hydrogens (tertiary/aromatic N) is 1. The monoisotopic (exact) mass is 285 g/mol. The molecular weight excluding hydrogens is 254 g/mol. The van der Waals surface area contributed by atoms with Crippen molar-refractivity contribution in [3.05, 3.63) is 0 Å². The van der Waals surface area contributed by atoms with Gasteiger partial charge in [-0.2, -0.15) is 12.6 Å². The van der Waals surface area contributed by atoms with Gasteiger partial charge in [-0.25, -0.2) is 0 Å². The third kappa shape index (κ3) is 4.37. The summed E-state index contributed by atoms with van der Waals surface area (Å²) in [5.41, 5.74) is 0.470. The molecule has 0 aromatic carbocycles. The zero-order valence-electron chi connectivity index (χ0n) is 12.5. The topological polar surface area (TPSA) is 23.5 Å². The van der Waals surface area contributed by atoms with Crippen LogP contribution in [0.15, 0.2) is 0 Å². The second-order valence-corrected chi connectivity index (χ2v) is 7.24. The van der Waals surface area contributed by atoms with E-state index in [2.05, 4.69) is 17.5 Å². The largest absolute Gasteiger partial charge is 0.393 e. The number of rotatable bonds is 4. The number of hydrogen-bond acceptors (Lipinski definition) is 3. The average molecular weight is 285 g/mol. The minimum atomic E-state index is -0.126. The van der Waals surface area contributed by atoms with Gasteiger partial charge >= 0.3 is 0 Å². The molecule has 1 aliphatic heterocycles. The number of aliphatic hydroxyl groups is 1. The van der Waals surface area contributed by atoms with E-state index in [-0.39, 0.29) is 6.10 Å². The number of piperidine rings is 1. The van der Waals surface area contributed by atoms with Crippen LogP contribution < -0.4 is 0 Å². The fraction of sp³-hybridized carbons (Fsp3) is 1.00. The predicted octanol–water partition coefficient (Wildman–Crippen LogP) is 3.35. The van der Waals surface area contributed by atoms with Crippen molar-refractivity contribution in [3.8, 4) is 0 Å². The molecule has 1 heterocycles. The molecule has 0 aromatic rings. The maximum atomic E-state index is 9.69. The van der Waals surface area contributed by atoms with Gasteiger partial charge in [0.05, 0.1) is 6.10 Å². The molecule has 1 N–H and O–H groups in total. The van der Waals surface area contributed by atoms with Crippen molar-refractivity contribution in [2.24, 2.45) is 11.3 Å². The van der Waals surface area contributed by atoms with Gasteiger partial charge in [0.1, 0.15) is 0 Å². The summed E-state index contributed by atoms with van der Waals surface area (Å²) in [5, 5.41) is 9.69. The van der Waals surface area contributed by atoms with Crippen LogP contribution in [-0.2, 0) is 0 Å². The highest BCUT2D eigenvalue weighted by Gasteiger charge is 2.33. The van der Waals surface area contributed by atoms with E-state index in [0.29, 0.717) is 11.3 Å². The van der Waals surface area contributed by atoms with Crippen LogP contribution in [0, 0.1) is 11.3 Å². The zero-order valence-corrected chi connectivity index (χ0v) is 13.4. The standard InChI is InChI=1S/C16H31NOS/c1-14(18)15-6-10-17(11-7-15)12-16(13-19)8-4-2-3-5-9-16/h14-15,18-19H,2-13H2,1H3. The van der Waals surface area contributed by atoms with Crippen LogP contribution in [0.2, 0.25) is 0 Å². The first-order valence-corrected chi connectivity index (χ1v) is 8.80. The molecule has 1 atom stereocenters. The summed E-state index contributed by atoms with van der Waals surface area (Å²) < 4.78 is 0. The lowest BCUT2D eigenvalue weighted by Gasteiger charge is -2.40. The van der Waals surface area contributed by atoms with Gasteiger partial charge in [0.25, 0.3) is 0 Å². The van der Waals surface area contributed by atoms with Crippen molar-refractivity contribution in [3.63, 3.8) is 0 Å². The van der Waals surface area contributed by atoms with Crippen molar-refractivity contribution < 1.29 is 5.11 Å². The Morgan fingerprint density at radius 3 is 2.21 bits per heavy atom. The Kier molecular flexibility index (Phi) is 6.04. The molecule has 0 radical (unpaired) electrons. The second kappa shape index (κ2) is 7.33. The van der Waals surface area contributed by atoms with Gasteiger partial charge in [-0.05, 0) is 62.8 Å². The molecule has 1 unspecified atom stereocenters. The second-order valence-electron chi connectivity index (χ2n) is 6.93. The molecule has 1 saturated carbocycles. The van der Waals surface area contributed by atoms with Crippen LogP contribution in [-0.4, -0.2) is 41.5 Å². The van der Waals surface area contributed by atoms with E-state index in [1.807, 2.05) is 6.92 Å². The van der Waals surface area contributed by atoms with Crippen molar-refractivity contribution in [2.75, 3.05) is 25.4 Å². The van der Waals surface area contributed by atoms with Gasteiger partial charge in [-0.15, -0.1) is 0 Å². The van der Waals surface area contributed by atoms with E-state index >= 15 is 0 Å². The molecule has 112 valence electrons. The van der Waals surface area contributed by atoms with Gasteiger partial charge in [0.15, 0.2) is 0 Å². The summed E-state index contributed by atoms with van der Waals surface area (Å²) in [5.74, 6) is 1.57. The molecule has 2 fully saturated rings. The van der Waals surface area contributed by atoms with E-state index in [4.69, 9.17) is 0 Å². The van der Waals surface area contributed by atoms with Crippen molar-refractivity contribution >= 4 is 12.6 Å². The number of likely N-dealkylation sites (tertiary alicyclic amines) is 1. The maximum Gasteiger partial charge on any atom is 0.0541 e. The average Bonchev–Trinajstić information content (AvgIpc) is 2.65. The lowest BCUT2D eigenvalue weighted by molar-refractivity contribution is 0.0534. The number of aliphatic hydroxyl groups excluding tert-OH is 1. The molecule has 2 aliphatic rings. The highest BCUT2D eigenvalue weighted by Crippen LogP contribution is 2.37. The number of thiol groups is 1. The van der Waals surface area contributed by atoms with Gasteiger partial charge < -0.3 is 10.0 Å². The molecule has 2 nitrogen and oxygen atoms in total. The normalized spacial score (nSPS) is 27.9. The fourth-order valence-electron chi connectivity index (χ4n) is 3.91. The van der Waals surface area contributed by atoms with Crippen molar-refractivity contribution in [1.29, 1.82) is 0 Å². The Morgan fingerprint density at radius 2 is 1.74 bits per heavy atom. The molecule has 0 amide bonds. The minimum Gasteiger partial charge on any atom is -0.393 e. The van der Waals surface area contributed by atoms with E-state index in [9.17, 15) is 5.11 Å². The van der Waals surface area contributed by atoms with Gasteiger partial charge in [0.2, 0.25) is 0 Å². The SMILES string of the molecule is CC(O)C1CCN(CC2(CS)CCCCCC2)CC1. The van der Waals surface area contributed by atoms with Crippen LogP contribution in [0.3, 0.4) is 0 Å². The Balaban J connectivity index is 1.85. The predicted molar refractivity (Wildman–Crippen MR) is 84.8 cm³/mol. The molecule has 0 aromatic heterocycles. The Labute approximate surface area is 124 Å². The van der Waals surface area contributed by atoms with E-state index in [1.54, 1.807) is 0 Å². The molecule has 0 bridgehead atoms. The van der Waals surface area contributed by atoms with Gasteiger partial charge in [0, 0.05) is 6.54 Å². The smallest absolute Gasteiger partial charge is 0.0541 e. The van der Waals surface area contributed by atoms with E-state index < -0.39 is 0 Å². The summed E-state index contributed by atoms with van der Waals surface area (Å²) in [6.45, 7) is 5.53. The summed E-state index contributed by atoms with van der Waals surface area (Å²) in [7, 11) is 0. The molecule has 2 rings (SSSR count). The molecule has 3 heteroatoms. The lowest BCUT2D eigenvalue weighted by Crippen LogP contribution is -2.44. The molecule has 1 saturated heterocycles. The van der Waals surface area contributed by atoms with Crippen LogP contribution >= 0.6 is 12.6 Å². The van der Waals surface area contributed by atoms with Crippen LogP contribution in [0.5, 0.6) is 0 Å². The number of hydrogen-bond donors (Lipinski definition) is 2. The molecule has 1 aliphatic carbocycles. The van der Waals surface area contributed by atoms with E-state index in [0.717, 1.165) is 5.75 Å². The summed E-state index contributed by atoms with van der Waals surface area (Å²) in [6, 6.07) is 0. The molecular formula is C16H31NOS. The highest BCUT2D eigenvalue weighted by molar-refractivity contribution is 7.80. The van der Waals surface area contributed by atoms with Crippen LogP contribution in [0.1, 0.15) is 58.3 Å². The van der Waals surface area contributed by atoms with Crippen LogP contribution in [0.25, 0.3) is 0 Å². The highest BCUT2D eigenvalue weighted by atomic mass is 32.1.